The first-order valence-corrected chi connectivity index (χ1v) is 6.95. The van der Waals surface area contributed by atoms with E-state index in [1.807, 2.05) is 31.2 Å². The van der Waals surface area contributed by atoms with Crippen LogP contribution in [0.25, 0.3) is 0 Å². The second-order valence-electron chi connectivity index (χ2n) is 5.64. The highest BCUT2D eigenvalue weighted by molar-refractivity contribution is 5.94. The van der Waals surface area contributed by atoms with Crippen molar-refractivity contribution in [3.63, 3.8) is 0 Å². The third-order valence-electron chi connectivity index (χ3n) is 4.32. The quantitative estimate of drug-likeness (QED) is 0.849. The Labute approximate surface area is 117 Å². The van der Waals surface area contributed by atoms with Gasteiger partial charge in [0.25, 0.3) is 0 Å². The molecule has 0 aromatic heterocycles. The lowest BCUT2D eigenvalue weighted by Crippen LogP contribution is -2.41. The molecule has 1 fully saturated rings. The molecular weight excluding hydrogens is 256 g/mol. The van der Waals surface area contributed by atoms with E-state index in [2.05, 4.69) is 0 Å². The molecule has 1 N–H and O–H groups in total. The molecule has 2 aliphatic rings. The van der Waals surface area contributed by atoms with Crippen LogP contribution in [-0.4, -0.2) is 41.6 Å². The molecule has 5 heteroatoms. The molecule has 2 unspecified atom stereocenters. The van der Waals surface area contributed by atoms with Gasteiger partial charge in [-0.05, 0) is 24.0 Å². The van der Waals surface area contributed by atoms with E-state index in [0.717, 1.165) is 12.1 Å². The second kappa shape index (κ2) is 4.81. The molecular formula is C15H18N2O3. The number of hydrogen-bond donors (Lipinski definition) is 1. The SMILES string of the molecule is CC1CN(C(=O)N2CCc3ccccc32)CC1C(=O)O. The maximum atomic E-state index is 12.6. The number of likely N-dealkylation sites (tertiary alicyclic amines) is 1. The van der Waals surface area contributed by atoms with E-state index >= 15 is 0 Å². The number of carboxylic acids is 1. The highest BCUT2D eigenvalue weighted by atomic mass is 16.4. The minimum Gasteiger partial charge on any atom is -0.481 e. The van der Waals surface area contributed by atoms with Gasteiger partial charge >= 0.3 is 12.0 Å². The zero-order valence-electron chi connectivity index (χ0n) is 11.5. The van der Waals surface area contributed by atoms with Gasteiger partial charge in [-0.3, -0.25) is 9.69 Å². The van der Waals surface area contributed by atoms with Crippen LogP contribution in [0, 0.1) is 11.8 Å². The van der Waals surface area contributed by atoms with Gasteiger partial charge in [0, 0.05) is 25.3 Å². The van der Waals surface area contributed by atoms with Crippen molar-refractivity contribution < 1.29 is 14.7 Å². The molecule has 2 heterocycles. The van der Waals surface area contributed by atoms with Crippen LogP contribution in [0.2, 0.25) is 0 Å². The third-order valence-corrected chi connectivity index (χ3v) is 4.32. The molecule has 20 heavy (non-hydrogen) atoms. The molecule has 106 valence electrons. The fourth-order valence-electron chi connectivity index (χ4n) is 3.15. The number of carbonyl (C=O) groups excluding carboxylic acids is 1. The minimum atomic E-state index is -0.811. The Morgan fingerprint density at radius 1 is 1.25 bits per heavy atom. The van der Waals surface area contributed by atoms with Crippen molar-refractivity contribution in [2.75, 3.05) is 24.5 Å². The summed E-state index contributed by atoms with van der Waals surface area (Å²) in [5.41, 5.74) is 2.15. The number of amides is 2. The highest BCUT2D eigenvalue weighted by Gasteiger charge is 2.39. The van der Waals surface area contributed by atoms with E-state index < -0.39 is 11.9 Å². The second-order valence-corrected chi connectivity index (χ2v) is 5.64. The van der Waals surface area contributed by atoms with Gasteiger partial charge in [-0.1, -0.05) is 25.1 Å². The summed E-state index contributed by atoms with van der Waals surface area (Å²) in [7, 11) is 0. The average Bonchev–Trinajstić information content (AvgIpc) is 3.01. The number of hydrogen-bond acceptors (Lipinski definition) is 2. The predicted molar refractivity (Wildman–Crippen MR) is 74.8 cm³/mol. The molecule has 0 spiro atoms. The van der Waals surface area contributed by atoms with Crippen molar-refractivity contribution in [1.29, 1.82) is 0 Å². The van der Waals surface area contributed by atoms with E-state index in [9.17, 15) is 9.59 Å². The van der Waals surface area contributed by atoms with E-state index in [1.165, 1.54) is 5.56 Å². The van der Waals surface area contributed by atoms with E-state index in [0.29, 0.717) is 19.6 Å². The summed E-state index contributed by atoms with van der Waals surface area (Å²) in [5, 5.41) is 9.15. The summed E-state index contributed by atoms with van der Waals surface area (Å²) in [6.07, 6.45) is 0.869. The van der Waals surface area contributed by atoms with Crippen molar-refractivity contribution in [3.8, 4) is 0 Å². The molecule has 1 saturated heterocycles. The highest BCUT2D eigenvalue weighted by Crippen LogP contribution is 2.31. The van der Waals surface area contributed by atoms with Gasteiger partial charge in [0.2, 0.25) is 0 Å². The monoisotopic (exact) mass is 274 g/mol. The van der Waals surface area contributed by atoms with Gasteiger partial charge < -0.3 is 10.0 Å². The maximum Gasteiger partial charge on any atom is 0.324 e. The number of nitrogens with zero attached hydrogens (tertiary/aromatic N) is 2. The number of anilines is 1. The van der Waals surface area contributed by atoms with E-state index in [1.54, 1.807) is 9.80 Å². The van der Waals surface area contributed by atoms with Gasteiger partial charge in [-0.25, -0.2) is 4.79 Å². The standard InChI is InChI=1S/C15H18N2O3/c1-10-8-16(9-12(10)14(18)19)15(20)17-7-6-11-4-2-3-5-13(11)17/h2-5,10,12H,6-9H2,1H3,(H,18,19). The Morgan fingerprint density at radius 3 is 2.70 bits per heavy atom. The first-order chi connectivity index (χ1) is 9.58. The van der Waals surface area contributed by atoms with Gasteiger partial charge in [-0.2, -0.15) is 0 Å². The molecule has 2 aliphatic heterocycles. The van der Waals surface area contributed by atoms with Crippen molar-refractivity contribution in [3.05, 3.63) is 29.8 Å². The molecule has 0 radical (unpaired) electrons. The van der Waals surface area contributed by atoms with Crippen LogP contribution in [0.15, 0.2) is 24.3 Å². The number of urea groups is 1. The fraction of sp³-hybridized carbons (Fsp3) is 0.467. The lowest BCUT2D eigenvalue weighted by molar-refractivity contribution is -0.142. The molecule has 2 atom stereocenters. The van der Waals surface area contributed by atoms with Crippen LogP contribution in [0.3, 0.4) is 0 Å². The Hall–Kier alpha value is -2.04. The number of benzene rings is 1. The molecule has 0 aliphatic carbocycles. The molecule has 1 aromatic rings. The Bertz CT molecular complexity index is 558. The van der Waals surface area contributed by atoms with Crippen molar-refractivity contribution in [2.45, 2.75) is 13.3 Å². The van der Waals surface area contributed by atoms with Crippen LogP contribution < -0.4 is 4.90 Å². The number of fused-ring (bicyclic) bond motifs is 1. The number of carboxylic acid groups (broad SMARTS) is 1. The predicted octanol–water partition coefficient (Wildman–Crippen LogP) is 1.82. The first-order valence-electron chi connectivity index (χ1n) is 6.95. The lowest BCUT2D eigenvalue weighted by Gasteiger charge is -2.24. The van der Waals surface area contributed by atoms with E-state index in [-0.39, 0.29) is 11.9 Å². The molecule has 0 saturated carbocycles. The fourth-order valence-corrected chi connectivity index (χ4v) is 3.15. The number of aliphatic carboxylic acids is 1. The van der Waals surface area contributed by atoms with Crippen LogP contribution in [-0.2, 0) is 11.2 Å². The lowest BCUT2D eigenvalue weighted by atomic mass is 9.99. The summed E-state index contributed by atoms with van der Waals surface area (Å²) in [5.74, 6) is -1.25. The summed E-state index contributed by atoms with van der Waals surface area (Å²) in [4.78, 5) is 27.2. The molecule has 0 bridgehead atoms. The minimum absolute atomic E-state index is 0.00861. The Kier molecular flexibility index (Phi) is 3.12. The summed E-state index contributed by atoms with van der Waals surface area (Å²) in [6.45, 7) is 3.41. The topological polar surface area (TPSA) is 60.9 Å². The first kappa shape index (κ1) is 13.0. The van der Waals surface area contributed by atoms with Gasteiger partial charge in [0.05, 0.1) is 5.92 Å². The zero-order valence-corrected chi connectivity index (χ0v) is 11.5. The van der Waals surface area contributed by atoms with Gasteiger partial charge in [0.1, 0.15) is 0 Å². The largest absolute Gasteiger partial charge is 0.481 e. The van der Waals surface area contributed by atoms with Crippen LogP contribution >= 0.6 is 0 Å². The van der Waals surface area contributed by atoms with Crippen LogP contribution in [0.5, 0.6) is 0 Å². The van der Waals surface area contributed by atoms with E-state index in [4.69, 9.17) is 5.11 Å². The normalized spacial score (nSPS) is 24.9. The Balaban J connectivity index is 1.77. The summed E-state index contributed by atoms with van der Waals surface area (Å²) in [6, 6.07) is 7.83. The molecule has 5 nitrogen and oxygen atoms in total. The number of para-hydroxylation sites is 1. The third kappa shape index (κ3) is 2.03. The summed E-state index contributed by atoms with van der Waals surface area (Å²) >= 11 is 0. The van der Waals surface area contributed by atoms with Crippen molar-refractivity contribution in [2.24, 2.45) is 11.8 Å². The zero-order chi connectivity index (χ0) is 14.3. The molecule has 1 aromatic carbocycles. The number of rotatable bonds is 1. The smallest absolute Gasteiger partial charge is 0.324 e. The Morgan fingerprint density at radius 2 is 2.00 bits per heavy atom. The summed E-state index contributed by atoms with van der Waals surface area (Å²) < 4.78 is 0. The van der Waals surface area contributed by atoms with Crippen molar-refractivity contribution >= 4 is 17.7 Å². The molecule has 2 amide bonds. The van der Waals surface area contributed by atoms with Crippen molar-refractivity contribution in [1.82, 2.24) is 4.90 Å². The number of carbonyl (C=O) groups is 2. The average molecular weight is 274 g/mol. The van der Waals surface area contributed by atoms with Crippen LogP contribution in [0.4, 0.5) is 10.5 Å². The maximum absolute atomic E-state index is 12.6. The van der Waals surface area contributed by atoms with Gasteiger partial charge in [-0.15, -0.1) is 0 Å². The van der Waals surface area contributed by atoms with Crippen LogP contribution in [0.1, 0.15) is 12.5 Å². The van der Waals surface area contributed by atoms with Gasteiger partial charge in [0.15, 0.2) is 0 Å². The molecule has 3 rings (SSSR count).